The number of rotatable bonds is 9. The maximum Gasteiger partial charge on any atom is 0.241 e. The van der Waals surface area contributed by atoms with Crippen molar-refractivity contribution in [3.8, 4) is 17.2 Å². The number of furan rings is 1. The topological polar surface area (TPSA) is 146 Å². The number of hydrogen-bond donors (Lipinski definition) is 2. The lowest BCUT2D eigenvalue weighted by molar-refractivity contribution is -0.123. The van der Waals surface area contributed by atoms with Crippen LogP contribution in [0.4, 0.5) is 0 Å². The zero-order valence-corrected chi connectivity index (χ0v) is 23.9. The normalized spacial score (nSPS) is 15.7. The third-order valence-corrected chi connectivity index (χ3v) is 9.61. The lowest BCUT2D eigenvalue weighted by Gasteiger charge is -2.21. The fourth-order valence-electron chi connectivity index (χ4n) is 4.65. The van der Waals surface area contributed by atoms with Gasteiger partial charge in [0, 0.05) is 17.0 Å². The van der Waals surface area contributed by atoms with Gasteiger partial charge in [-0.2, -0.15) is 9.98 Å². The fourth-order valence-corrected chi connectivity index (χ4v) is 6.51. The van der Waals surface area contributed by atoms with E-state index in [-0.39, 0.29) is 22.1 Å². The number of benzene rings is 3. The third-order valence-electron chi connectivity index (χ3n) is 7.02. The third kappa shape index (κ3) is 5.61. The smallest absolute Gasteiger partial charge is 0.241 e. The molecule has 1 fully saturated rings. The molecule has 1 aliphatic carbocycles. The molecule has 1 heterocycles. The summed E-state index contributed by atoms with van der Waals surface area (Å²) in [7, 11) is -7.39. The first-order valence-corrected chi connectivity index (χ1v) is 16.2. The maximum absolute atomic E-state index is 13.4. The second-order valence-electron chi connectivity index (χ2n) is 10.8. The maximum atomic E-state index is 13.4. The van der Waals surface area contributed by atoms with Crippen LogP contribution in [0.15, 0.2) is 74.9 Å². The Bertz CT molecular complexity index is 1880. The van der Waals surface area contributed by atoms with Crippen molar-refractivity contribution in [3.63, 3.8) is 0 Å². The summed E-state index contributed by atoms with van der Waals surface area (Å²) in [5, 5.41) is 13.4. The average molecular weight is 580 g/mol. The van der Waals surface area contributed by atoms with Gasteiger partial charge < -0.3 is 9.73 Å². The lowest BCUT2D eigenvalue weighted by atomic mass is 10.0. The summed E-state index contributed by atoms with van der Waals surface area (Å²) >= 11 is 0. The van der Waals surface area contributed by atoms with Gasteiger partial charge in [0.05, 0.1) is 15.9 Å². The van der Waals surface area contributed by atoms with Crippen LogP contribution in [0.3, 0.4) is 0 Å². The molecular weight excluding hydrogens is 550 g/mol. The van der Waals surface area contributed by atoms with Crippen LogP contribution in [0.2, 0.25) is 0 Å². The molecule has 208 valence electrons. The molecule has 0 unspecified atom stereocenters. The van der Waals surface area contributed by atoms with E-state index >= 15 is 0 Å². The highest BCUT2D eigenvalue weighted by Gasteiger charge is 2.46. The van der Waals surface area contributed by atoms with Crippen LogP contribution in [0, 0.1) is 17.2 Å². The van der Waals surface area contributed by atoms with Gasteiger partial charge in [-0.25, -0.2) is 16.8 Å². The highest BCUT2D eigenvalue weighted by atomic mass is 32.2. The number of nitriles is 1. The monoisotopic (exact) mass is 579 g/mol. The Hall–Kier alpha value is -3.72. The minimum absolute atomic E-state index is 0.00823. The number of nitrogens with one attached hydrogen (secondary N) is 2. The van der Waals surface area contributed by atoms with E-state index in [2.05, 4.69) is 16.1 Å². The Kier molecular flexibility index (Phi) is 6.98. The summed E-state index contributed by atoms with van der Waals surface area (Å²) in [4.78, 5) is 13.2. The van der Waals surface area contributed by atoms with E-state index in [4.69, 9.17) is 4.42 Å². The molecule has 0 spiro atoms. The van der Waals surface area contributed by atoms with Gasteiger partial charge in [-0.3, -0.25) is 4.79 Å². The summed E-state index contributed by atoms with van der Waals surface area (Å²) in [5.41, 5.74) is 1.77. The molecule has 1 atom stereocenters. The van der Waals surface area contributed by atoms with Gasteiger partial charge in [0.1, 0.15) is 22.7 Å². The predicted octanol–water partition coefficient (Wildman–Crippen LogP) is 4.52. The van der Waals surface area contributed by atoms with Crippen molar-refractivity contribution in [2.75, 3.05) is 6.26 Å². The van der Waals surface area contributed by atoms with E-state index in [1.165, 1.54) is 12.1 Å². The molecule has 11 heteroatoms. The first-order valence-electron chi connectivity index (χ1n) is 12.8. The Morgan fingerprint density at radius 1 is 0.925 bits per heavy atom. The van der Waals surface area contributed by atoms with Crippen molar-refractivity contribution < 1.29 is 26.0 Å². The van der Waals surface area contributed by atoms with Gasteiger partial charge in [0.25, 0.3) is 0 Å². The summed E-state index contributed by atoms with van der Waals surface area (Å²) in [6.45, 7) is 3.79. The van der Waals surface area contributed by atoms with E-state index in [1.54, 1.807) is 30.3 Å². The van der Waals surface area contributed by atoms with E-state index in [0.29, 0.717) is 34.8 Å². The first-order chi connectivity index (χ1) is 18.8. The molecule has 1 aromatic heterocycles. The molecule has 4 aromatic rings. The molecule has 0 aliphatic heterocycles. The van der Waals surface area contributed by atoms with Crippen molar-refractivity contribution in [2.45, 2.75) is 54.5 Å². The van der Waals surface area contributed by atoms with Gasteiger partial charge in [0.2, 0.25) is 15.9 Å². The molecule has 0 bridgehead atoms. The second-order valence-corrected chi connectivity index (χ2v) is 14.5. The molecule has 9 nitrogen and oxygen atoms in total. The number of sulfone groups is 1. The van der Waals surface area contributed by atoms with Crippen molar-refractivity contribution in [1.29, 1.82) is 5.26 Å². The Morgan fingerprint density at radius 3 is 2.17 bits per heavy atom. The number of amides is 1. The van der Waals surface area contributed by atoms with Crippen molar-refractivity contribution in [2.24, 2.45) is 5.92 Å². The first kappa shape index (κ1) is 27.8. The Morgan fingerprint density at radius 2 is 1.57 bits per heavy atom. The predicted molar refractivity (Wildman–Crippen MR) is 152 cm³/mol. The van der Waals surface area contributed by atoms with Crippen LogP contribution in [0.1, 0.15) is 33.1 Å². The zero-order valence-electron chi connectivity index (χ0n) is 22.3. The molecule has 1 saturated carbocycles. The zero-order chi connectivity index (χ0) is 28.9. The van der Waals surface area contributed by atoms with Crippen LogP contribution in [-0.2, 0) is 24.7 Å². The molecule has 40 heavy (non-hydrogen) atoms. The van der Waals surface area contributed by atoms with Crippen LogP contribution in [-0.4, -0.2) is 40.6 Å². The summed E-state index contributed by atoms with van der Waals surface area (Å²) in [5.74, 6) is -0.476. The molecule has 0 saturated heterocycles. The van der Waals surface area contributed by atoms with Gasteiger partial charge in [-0.1, -0.05) is 32.0 Å². The molecule has 0 radical (unpaired) electrons. The number of carbonyl (C=O) groups is 1. The molecular formula is C29H29N3O6S2. The number of sulfonamides is 1. The van der Waals surface area contributed by atoms with Crippen molar-refractivity contribution in [3.05, 3.63) is 60.7 Å². The molecule has 1 amide bonds. The molecule has 5 rings (SSSR count). The average Bonchev–Trinajstić information content (AvgIpc) is 3.57. The quantitative estimate of drug-likeness (QED) is 0.296. The summed E-state index contributed by atoms with van der Waals surface area (Å²) in [6, 6.07) is 17.7. The lowest BCUT2D eigenvalue weighted by Crippen LogP contribution is -2.50. The minimum atomic E-state index is -4.08. The van der Waals surface area contributed by atoms with Gasteiger partial charge in [0.15, 0.2) is 9.84 Å². The second kappa shape index (κ2) is 10.0. The number of fused-ring (bicyclic) bond motifs is 3. The van der Waals surface area contributed by atoms with Crippen LogP contribution in [0.5, 0.6) is 0 Å². The highest BCUT2D eigenvalue weighted by Crippen LogP contribution is 2.35. The summed E-state index contributed by atoms with van der Waals surface area (Å²) in [6.07, 6.45) is 2.53. The Balaban J connectivity index is 1.44. The van der Waals surface area contributed by atoms with E-state index in [0.717, 1.165) is 17.4 Å². The van der Waals surface area contributed by atoms with Crippen LogP contribution < -0.4 is 10.0 Å². The van der Waals surface area contributed by atoms with Gasteiger partial charge in [-0.15, -0.1) is 0 Å². The fraction of sp³-hybridized carbons (Fsp3) is 0.310. The molecule has 1 aliphatic rings. The van der Waals surface area contributed by atoms with E-state index in [1.807, 2.05) is 32.0 Å². The number of nitrogens with zero attached hydrogens (tertiary/aromatic N) is 1. The number of hydrogen-bond acceptors (Lipinski definition) is 7. The van der Waals surface area contributed by atoms with Crippen LogP contribution >= 0.6 is 0 Å². The van der Waals surface area contributed by atoms with E-state index < -0.39 is 37.3 Å². The van der Waals surface area contributed by atoms with Crippen LogP contribution in [0.25, 0.3) is 33.1 Å². The van der Waals surface area contributed by atoms with Crippen molar-refractivity contribution in [1.82, 2.24) is 10.0 Å². The summed E-state index contributed by atoms with van der Waals surface area (Å²) < 4.78 is 58.9. The Labute approximate surface area is 233 Å². The highest BCUT2D eigenvalue weighted by molar-refractivity contribution is 7.90. The standard InChI is InChI=1S/C29H29N3O6S2/c1-18(2)14-25(28(33)31-29(17-30)12-13-29)32-40(36,37)22-9-11-26-24(16-22)23-10-6-20(15-27(23)38-26)19-4-7-21(8-5-19)39(3,34)35/h4-11,15-16,18,25,32H,12-14H2,1-3H3,(H,31,33)/t25-/m0/s1. The SMILES string of the molecule is CC(C)C[C@H](NS(=O)(=O)c1ccc2oc3cc(-c4ccc(S(C)(=O)=O)cc4)ccc3c2c1)C(=O)NC1(C#N)CC1. The number of carbonyl (C=O) groups excluding carboxylic acids is 1. The van der Waals surface area contributed by atoms with Gasteiger partial charge >= 0.3 is 0 Å². The minimum Gasteiger partial charge on any atom is -0.456 e. The van der Waals surface area contributed by atoms with E-state index in [9.17, 15) is 26.9 Å². The molecule has 2 N–H and O–H groups in total. The van der Waals surface area contributed by atoms with Gasteiger partial charge in [-0.05, 0) is 78.8 Å². The largest absolute Gasteiger partial charge is 0.456 e. The van der Waals surface area contributed by atoms with Crippen molar-refractivity contribution >= 4 is 47.7 Å². The molecule has 3 aromatic carbocycles.